The highest BCUT2D eigenvalue weighted by Gasteiger charge is 2.30. The molecule has 0 saturated heterocycles. The van der Waals surface area contributed by atoms with Crippen molar-refractivity contribution in [3.63, 3.8) is 0 Å². The molecule has 0 aromatic rings. The standard InChI is InChI=1S/C12H24O5S.C12H24O2/c1-3-5-6-7-8-9-10-17-12(13)11(4-2)18(14,15)16;1-3-5-6-7-8-9-11-14-12(13)10-4-2/h11H,3-10H2,1-2H3,(H,14,15,16);3-11H2,1-2H3. The third-order valence-electron chi connectivity index (χ3n) is 4.95. The molecule has 0 aromatic heterocycles. The zero-order valence-electron chi connectivity index (χ0n) is 20.9. The smallest absolute Gasteiger partial charge is 0.326 e. The molecule has 8 heteroatoms. The van der Waals surface area contributed by atoms with E-state index in [-0.39, 0.29) is 19.0 Å². The zero-order valence-corrected chi connectivity index (χ0v) is 21.7. The van der Waals surface area contributed by atoms with Gasteiger partial charge in [0.1, 0.15) is 0 Å². The monoisotopic (exact) mass is 480 g/mol. The molecule has 0 heterocycles. The van der Waals surface area contributed by atoms with Crippen molar-refractivity contribution in [3.8, 4) is 0 Å². The summed E-state index contributed by atoms with van der Waals surface area (Å²) in [6.07, 6.45) is 15.3. The summed E-state index contributed by atoms with van der Waals surface area (Å²) >= 11 is 0. The van der Waals surface area contributed by atoms with Crippen molar-refractivity contribution >= 4 is 22.1 Å². The predicted octanol–water partition coefficient (Wildman–Crippen LogP) is 6.25. The number of esters is 2. The first-order valence-electron chi connectivity index (χ1n) is 12.5. The third-order valence-corrected chi connectivity index (χ3v) is 6.20. The summed E-state index contributed by atoms with van der Waals surface area (Å²) in [6.45, 7) is 8.70. The topological polar surface area (TPSA) is 107 Å². The molecule has 1 atom stereocenters. The second-order valence-electron chi connectivity index (χ2n) is 8.09. The van der Waals surface area contributed by atoms with Crippen LogP contribution in [0.3, 0.4) is 0 Å². The molecule has 0 amide bonds. The normalized spacial score (nSPS) is 11.9. The van der Waals surface area contributed by atoms with Crippen LogP contribution < -0.4 is 0 Å². The van der Waals surface area contributed by atoms with Gasteiger partial charge in [-0.3, -0.25) is 14.1 Å². The van der Waals surface area contributed by atoms with Crippen molar-refractivity contribution in [2.45, 2.75) is 129 Å². The number of unbranched alkanes of at least 4 members (excludes halogenated alkanes) is 10. The molecule has 7 nitrogen and oxygen atoms in total. The summed E-state index contributed by atoms with van der Waals surface area (Å²) in [5, 5.41) is -1.45. The fraction of sp³-hybridized carbons (Fsp3) is 0.917. The van der Waals surface area contributed by atoms with Gasteiger partial charge in [-0.25, -0.2) is 0 Å². The molecule has 0 aliphatic heterocycles. The summed E-state index contributed by atoms with van der Waals surface area (Å²) in [4.78, 5) is 22.4. The van der Waals surface area contributed by atoms with Crippen LogP contribution in [0.25, 0.3) is 0 Å². The summed E-state index contributed by atoms with van der Waals surface area (Å²) in [7, 11) is -4.34. The molecule has 0 spiro atoms. The van der Waals surface area contributed by atoms with Gasteiger partial charge in [0.2, 0.25) is 0 Å². The van der Waals surface area contributed by atoms with E-state index in [1.54, 1.807) is 0 Å². The van der Waals surface area contributed by atoms with Crippen LogP contribution >= 0.6 is 0 Å². The molecule has 32 heavy (non-hydrogen) atoms. The second kappa shape index (κ2) is 23.0. The van der Waals surface area contributed by atoms with Crippen LogP contribution in [0.15, 0.2) is 0 Å². The predicted molar refractivity (Wildman–Crippen MR) is 129 cm³/mol. The van der Waals surface area contributed by atoms with Gasteiger partial charge in [0.05, 0.1) is 13.2 Å². The van der Waals surface area contributed by atoms with E-state index >= 15 is 0 Å². The maximum absolute atomic E-state index is 11.4. The highest BCUT2D eigenvalue weighted by molar-refractivity contribution is 7.87. The molecule has 0 rings (SSSR count). The average molecular weight is 481 g/mol. The molecular formula is C24H48O7S. The Kier molecular flexibility index (Phi) is 23.8. The van der Waals surface area contributed by atoms with Crippen LogP contribution in [-0.4, -0.2) is 43.4 Å². The van der Waals surface area contributed by atoms with Crippen LogP contribution in [0.2, 0.25) is 0 Å². The van der Waals surface area contributed by atoms with Crippen molar-refractivity contribution in [2.75, 3.05) is 13.2 Å². The quantitative estimate of drug-likeness (QED) is 0.132. The third kappa shape index (κ3) is 22.1. The minimum Gasteiger partial charge on any atom is -0.466 e. The van der Waals surface area contributed by atoms with Crippen molar-refractivity contribution < 1.29 is 32.0 Å². The summed E-state index contributed by atoms with van der Waals surface area (Å²) in [5.74, 6) is -0.894. The SMILES string of the molecule is CCCCCCCCOC(=O)C(CC)S(=O)(=O)O.CCCCCCCCOC(=O)CCC. The number of carbonyl (C=O) groups excluding carboxylic acids is 2. The van der Waals surface area contributed by atoms with Gasteiger partial charge in [-0.05, 0) is 25.7 Å². The minimum absolute atomic E-state index is 0.0220. The van der Waals surface area contributed by atoms with E-state index in [0.29, 0.717) is 13.0 Å². The van der Waals surface area contributed by atoms with Crippen LogP contribution in [0.4, 0.5) is 0 Å². The Balaban J connectivity index is 0. The Hall–Kier alpha value is -1.15. The molecule has 1 unspecified atom stereocenters. The largest absolute Gasteiger partial charge is 0.466 e. The van der Waals surface area contributed by atoms with Crippen molar-refractivity contribution in [1.82, 2.24) is 0 Å². The van der Waals surface area contributed by atoms with E-state index in [2.05, 4.69) is 13.8 Å². The molecule has 0 bridgehead atoms. The molecule has 0 aliphatic rings. The van der Waals surface area contributed by atoms with Crippen LogP contribution in [0.1, 0.15) is 124 Å². The lowest BCUT2D eigenvalue weighted by Crippen LogP contribution is -2.31. The molecule has 0 radical (unpaired) electrons. The number of carbonyl (C=O) groups is 2. The summed E-state index contributed by atoms with van der Waals surface area (Å²) in [6, 6.07) is 0. The Morgan fingerprint density at radius 1 is 0.688 bits per heavy atom. The maximum Gasteiger partial charge on any atom is 0.326 e. The first-order valence-corrected chi connectivity index (χ1v) is 14.0. The highest BCUT2D eigenvalue weighted by Crippen LogP contribution is 2.09. The number of rotatable bonds is 19. The fourth-order valence-corrected chi connectivity index (χ4v) is 3.72. The van der Waals surface area contributed by atoms with E-state index in [1.807, 2.05) is 6.92 Å². The Bertz CT molecular complexity index is 547. The van der Waals surface area contributed by atoms with E-state index in [1.165, 1.54) is 58.3 Å². The fourth-order valence-electron chi connectivity index (χ4n) is 2.99. The van der Waals surface area contributed by atoms with Crippen molar-refractivity contribution in [1.29, 1.82) is 0 Å². The first-order chi connectivity index (χ1) is 15.2. The van der Waals surface area contributed by atoms with E-state index in [0.717, 1.165) is 32.1 Å². The van der Waals surface area contributed by atoms with Gasteiger partial charge in [-0.2, -0.15) is 8.42 Å². The Labute approximate surface area is 196 Å². The van der Waals surface area contributed by atoms with Gasteiger partial charge in [-0.15, -0.1) is 0 Å². The van der Waals surface area contributed by atoms with Crippen LogP contribution in [-0.2, 0) is 29.2 Å². The van der Waals surface area contributed by atoms with Crippen LogP contribution in [0.5, 0.6) is 0 Å². The van der Waals surface area contributed by atoms with Crippen molar-refractivity contribution in [3.05, 3.63) is 0 Å². The molecule has 0 fully saturated rings. The highest BCUT2D eigenvalue weighted by atomic mass is 32.2. The van der Waals surface area contributed by atoms with E-state index in [4.69, 9.17) is 14.0 Å². The van der Waals surface area contributed by atoms with Gasteiger partial charge < -0.3 is 9.47 Å². The maximum atomic E-state index is 11.4. The molecule has 1 N–H and O–H groups in total. The molecular weight excluding hydrogens is 432 g/mol. The van der Waals surface area contributed by atoms with Gasteiger partial charge in [0.25, 0.3) is 10.1 Å². The molecule has 192 valence electrons. The molecule has 0 aromatic carbocycles. The molecule has 0 aliphatic carbocycles. The summed E-state index contributed by atoms with van der Waals surface area (Å²) in [5.41, 5.74) is 0. The van der Waals surface area contributed by atoms with Gasteiger partial charge in [-0.1, -0.05) is 91.9 Å². The minimum atomic E-state index is -4.34. The lowest BCUT2D eigenvalue weighted by molar-refractivity contribution is -0.144. The van der Waals surface area contributed by atoms with E-state index < -0.39 is 21.3 Å². The van der Waals surface area contributed by atoms with Crippen molar-refractivity contribution in [2.24, 2.45) is 0 Å². The Morgan fingerprint density at radius 2 is 1.12 bits per heavy atom. The number of hydrogen-bond acceptors (Lipinski definition) is 6. The van der Waals surface area contributed by atoms with Gasteiger partial charge in [0.15, 0.2) is 5.25 Å². The van der Waals surface area contributed by atoms with Gasteiger partial charge >= 0.3 is 11.9 Å². The lowest BCUT2D eigenvalue weighted by Gasteiger charge is -2.11. The number of hydrogen-bond donors (Lipinski definition) is 1. The van der Waals surface area contributed by atoms with Gasteiger partial charge in [0, 0.05) is 6.42 Å². The zero-order chi connectivity index (χ0) is 24.7. The second-order valence-corrected chi connectivity index (χ2v) is 9.68. The van der Waals surface area contributed by atoms with E-state index in [9.17, 15) is 18.0 Å². The number of ether oxygens (including phenoxy) is 2. The summed E-state index contributed by atoms with van der Waals surface area (Å²) < 4.78 is 40.5. The molecule has 0 saturated carbocycles. The average Bonchev–Trinajstić information content (AvgIpc) is 2.72. The Morgan fingerprint density at radius 3 is 1.53 bits per heavy atom. The first kappa shape index (κ1) is 33.0. The lowest BCUT2D eigenvalue weighted by atomic mass is 10.1. The van der Waals surface area contributed by atoms with Crippen LogP contribution in [0, 0.1) is 0 Å².